The quantitative estimate of drug-likeness (QED) is 0.465. The Labute approximate surface area is 152 Å². The van der Waals surface area contributed by atoms with Crippen LogP contribution in [0.2, 0.25) is 0 Å². The van der Waals surface area contributed by atoms with E-state index in [1.165, 1.54) is 0 Å². The maximum Gasteiger partial charge on any atom is 0.333 e. The molecule has 0 heterocycles. The molecule has 2 rings (SSSR count). The van der Waals surface area contributed by atoms with Gasteiger partial charge in [0.2, 0.25) is 0 Å². The van der Waals surface area contributed by atoms with Gasteiger partial charge in [-0.2, -0.15) is 0 Å². The fourth-order valence-corrected chi connectivity index (χ4v) is 2.46. The smallest absolute Gasteiger partial charge is 0.333 e. The van der Waals surface area contributed by atoms with Crippen LogP contribution in [-0.4, -0.2) is 23.1 Å². The Balaban J connectivity index is 2.26. The summed E-state index contributed by atoms with van der Waals surface area (Å²) in [7, 11) is 0. The fraction of sp³-hybridized carbons (Fsp3) is 0.238. The van der Waals surface area contributed by atoms with Gasteiger partial charge in [-0.05, 0) is 49.6 Å². The van der Waals surface area contributed by atoms with Crippen LogP contribution in [0.4, 0.5) is 0 Å². The molecule has 1 unspecified atom stereocenters. The van der Waals surface area contributed by atoms with Gasteiger partial charge in [0.25, 0.3) is 6.47 Å². The number of aliphatic hydroxyl groups is 1. The van der Waals surface area contributed by atoms with Crippen molar-refractivity contribution in [3.05, 3.63) is 66.2 Å². The third kappa shape index (κ3) is 4.80. The predicted octanol–water partition coefficient (Wildman–Crippen LogP) is 3.82. The van der Waals surface area contributed by atoms with Gasteiger partial charge in [0.1, 0.15) is 11.4 Å². The van der Waals surface area contributed by atoms with Gasteiger partial charge in [0.05, 0.1) is 0 Å². The van der Waals surface area contributed by atoms with E-state index < -0.39 is 17.7 Å². The summed E-state index contributed by atoms with van der Waals surface area (Å²) in [6, 6.07) is 14.4. The van der Waals surface area contributed by atoms with Gasteiger partial charge in [-0.3, -0.25) is 4.79 Å². The summed E-state index contributed by atoms with van der Waals surface area (Å²) < 4.78 is 10.2. The predicted molar refractivity (Wildman–Crippen MR) is 98.5 cm³/mol. The molecule has 0 aliphatic rings. The van der Waals surface area contributed by atoms with Crippen LogP contribution in [-0.2, 0) is 14.3 Å². The minimum atomic E-state index is -1.25. The molecule has 5 heteroatoms. The molecule has 26 heavy (non-hydrogen) atoms. The van der Waals surface area contributed by atoms with Gasteiger partial charge >= 0.3 is 5.97 Å². The highest BCUT2D eigenvalue weighted by Gasteiger charge is 2.32. The van der Waals surface area contributed by atoms with Crippen molar-refractivity contribution in [2.24, 2.45) is 0 Å². The lowest BCUT2D eigenvalue weighted by Gasteiger charge is -2.29. The lowest BCUT2D eigenvalue weighted by molar-refractivity contribution is -0.158. The van der Waals surface area contributed by atoms with E-state index in [0.717, 1.165) is 11.1 Å². The van der Waals surface area contributed by atoms with E-state index in [9.17, 15) is 14.7 Å². The van der Waals surface area contributed by atoms with Crippen LogP contribution in [0.1, 0.15) is 32.4 Å². The SMILES string of the molecule is C=C(C)C(=O)OC(c1ccc(-c2ccc(OC=O)cc2)cc1)C(C)(C)O. The van der Waals surface area contributed by atoms with E-state index in [-0.39, 0.29) is 5.57 Å². The van der Waals surface area contributed by atoms with Gasteiger partial charge in [0.15, 0.2) is 6.10 Å². The van der Waals surface area contributed by atoms with Crippen LogP contribution >= 0.6 is 0 Å². The van der Waals surface area contributed by atoms with E-state index in [0.29, 0.717) is 17.8 Å². The van der Waals surface area contributed by atoms with Gasteiger partial charge in [-0.15, -0.1) is 0 Å². The van der Waals surface area contributed by atoms with E-state index in [1.54, 1.807) is 45.0 Å². The Morgan fingerprint density at radius 2 is 1.58 bits per heavy atom. The van der Waals surface area contributed by atoms with E-state index in [4.69, 9.17) is 9.47 Å². The maximum atomic E-state index is 11.9. The Morgan fingerprint density at radius 1 is 1.08 bits per heavy atom. The second kappa shape index (κ2) is 7.97. The van der Waals surface area contributed by atoms with Crippen LogP contribution < -0.4 is 4.74 Å². The molecular formula is C21H22O5. The van der Waals surface area contributed by atoms with E-state index in [1.807, 2.05) is 24.3 Å². The number of ether oxygens (including phenoxy) is 2. The summed E-state index contributed by atoms with van der Waals surface area (Å²) in [4.78, 5) is 22.2. The largest absolute Gasteiger partial charge is 0.451 e. The molecule has 0 aliphatic heterocycles. The van der Waals surface area contributed by atoms with Crippen LogP contribution in [0.3, 0.4) is 0 Å². The first-order chi connectivity index (χ1) is 12.2. The average molecular weight is 354 g/mol. The number of rotatable bonds is 7. The summed E-state index contributed by atoms with van der Waals surface area (Å²) in [6.45, 7) is 8.68. The van der Waals surface area contributed by atoms with Gasteiger partial charge in [-0.1, -0.05) is 43.0 Å². The topological polar surface area (TPSA) is 72.8 Å². The maximum absolute atomic E-state index is 11.9. The molecule has 0 saturated carbocycles. The molecule has 0 saturated heterocycles. The van der Waals surface area contributed by atoms with Crippen molar-refractivity contribution < 1.29 is 24.2 Å². The van der Waals surface area contributed by atoms with Crippen molar-refractivity contribution >= 4 is 12.4 Å². The lowest BCUT2D eigenvalue weighted by atomic mass is 9.93. The van der Waals surface area contributed by atoms with E-state index in [2.05, 4.69) is 6.58 Å². The highest BCUT2D eigenvalue weighted by atomic mass is 16.6. The normalized spacial score (nSPS) is 12.2. The summed E-state index contributed by atoms with van der Waals surface area (Å²) >= 11 is 0. The highest BCUT2D eigenvalue weighted by Crippen LogP contribution is 2.32. The van der Waals surface area contributed by atoms with Crippen LogP contribution in [0.15, 0.2) is 60.7 Å². The van der Waals surface area contributed by atoms with Crippen LogP contribution in [0.25, 0.3) is 11.1 Å². The van der Waals surface area contributed by atoms with Crippen molar-refractivity contribution in [3.8, 4) is 16.9 Å². The summed E-state index contributed by atoms with van der Waals surface area (Å²) in [5.41, 5.74) is 1.58. The second-order valence-corrected chi connectivity index (χ2v) is 6.58. The number of hydrogen-bond acceptors (Lipinski definition) is 5. The van der Waals surface area contributed by atoms with Gasteiger partial charge in [-0.25, -0.2) is 4.79 Å². The standard InChI is InChI=1S/C21H22O5/c1-14(2)20(23)26-19(21(3,4)24)17-7-5-15(6-8-17)16-9-11-18(12-10-16)25-13-22/h5-13,19,24H,1H2,2-4H3. The molecule has 2 aromatic rings. The molecule has 136 valence electrons. The monoisotopic (exact) mass is 354 g/mol. The number of esters is 1. The average Bonchev–Trinajstić information content (AvgIpc) is 2.59. The Hall–Kier alpha value is -2.92. The zero-order valence-electron chi connectivity index (χ0n) is 15.1. The molecular weight excluding hydrogens is 332 g/mol. The summed E-state index contributed by atoms with van der Waals surface area (Å²) in [5, 5.41) is 10.4. The number of carbonyl (C=O) groups excluding carboxylic acids is 2. The number of benzene rings is 2. The first-order valence-corrected chi connectivity index (χ1v) is 8.12. The fourth-order valence-electron chi connectivity index (χ4n) is 2.46. The van der Waals surface area contributed by atoms with Gasteiger partial charge < -0.3 is 14.6 Å². The Kier molecular flexibility index (Phi) is 5.95. The second-order valence-electron chi connectivity index (χ2n) is 6.58. The molecule has 1 atom stereocenters. The number of carbonyl (C=O) groups is 2. The van der Waals surface area contributed by atoms with Crippen molar-refractivity contribution in [2.75, 3.05) is 0 Å². The van der Waals surface area contributed by atoms with Crippen LogP contribution in [0, 0.1) is 0 Å². The van der Waals surface area contributed by atoms with Gasteiger partial charge in [0, 0.05) is 5.57 Å². The van der Waals surface area contributed by atoms with Crippen LogP contribution in [0.5, 0.6) is 5.75 Å². The molecule has 2 aromatic carbocycles. The minimum Gasteiger partial charge on any atom is -0.451 e. The van der Waals surface area contributed by atoms with Crippen molar-refractivity contribution in [1.82, 2.24) is 0 Å². The molecule has 1 N–H and O–H groups in total. The molecule has 0 aromatic heterocycles. The zero-order valence-corrected chi connectivity index (χ0v) is 15.1. The molecule has 0 aliphatic carbocycles. The zero-order chi connectivity index (χ0) is 19.3. The summed E-state index contributed by atoms with van der Waals surface area (Å²) in [5.74, 6) is -0.0823. The molecule has 0 radical (unpaired) electrons. The summed E-state index contributed by atoms with van der Waals surface area (Å²) in [6.07, 6.45) is -0.816. The third-order valence-corrected chi connectivity index (χ3v) is 3.80. The van der Waals surface area contributed by atoms with E-state index >= 15 is 0 Å². The highest BCUT2D eigenvalue weighted by molar-refractivity contribution is 5.87. The Bertz CT molecular complexity index is 783. The molecule has 0 fully saturated rings. The Morgan fingerprint density at radius 3 is 2.00 bits per heavy atom. The van der Waals surface area contributed by atoms with Crippen molar-refractivity contribution in [2.45, 2.75) is 32.5 Å². The first-order valence-electron chi connectivity index (χ1n) is 8.12. The molecule has 5 nitrogen and oxygen atoms in total. The third-order valence-electron chi connectivity index (χ3n) is 3.80. The lowest BCUT2D eigenvalue weighted by Crippen LogP contribution is -2.32. The molecule has 0 spiro atoms. The van der Waals surface area contributed by atoms with Crippen molar-refractivity contribution in [1.29, 1.82) is 0 Å². The minimum absolute atomic E-state index is 0.272. The molecule has 0 bridgehead atoms. The van der Waals surface area contributed by atoms with Crippen molar-refractivity contribution in [3.63, 3.8) is 0 Å². The first kappa shape index (κ1) is 19.4. The molecule has 0 amide bonds. The number of hydrogen-bond donors (Lipinski definition) is 1.